The molecule has 1 heterocycles. The van der Waals surface area contributed by atoms with Crippen molar-refractivity contribution >= 4 is 0 Å². The maximum Gasteiger partial charge on any atom is 0.0836 e. The molecular weight excluding hydrogens is 148 g/mol. The first-order valence-corrected chi connectivity index (χ1v) is 5.05. The van der Waals surface area contributed by atoms with Crippen molar-refractivity contribution < 1.29 is 8.97 Å². The molecule has 72 valence electrons. The van der Waals surface area contributed by atoms with E-state index in [9.17, 15) is 0 Å². The lowest BCUT2D eigenvalue weighted by Gasteiger charge is -2.37. The monoisotopic (exact) mass is 172 g/mol. The van der Waals surface area contributed by atoms with Crippen molar-refractivity contribution in [2.24, 2.45) is 0 Å². The molecule has 1 aliphatic rings. The fraction of sp³-hybridized carbons (Fsp3) is 1.00. The van der Waals surface area contributed by atoms with Crippen LogP contribution in [0.4, 0.5) is 0 Å². The van der Waals surface area contributed by atoms with Gasteiger partial charge in [0, 0.05) is 12.8 Å². The van der Waals surface area contributed by atoms with Gasteiger partial charge in [0.2, 0.25) is 0 Å². The number of quaternary nitrogens is 2. The third kappa shape index (κ3) is 3.11. The van der Waals surface area contributed by atoms with Gasteiger partial charge in [-0.2, -0.15) is 0 Å². The zero-order valence-electron chi connectivity index (χ0n) is 9.14. The predicted octanol–water partition coefficient (Wildman–Crippen LogP) is 0.933. The Morgan fingerprint density at radius 2 is 0.833 bits per heavy atom. The molecule has 0 amide bonds. The van der Waals surface area contributed by atoms with E-state index in [4.69, 9.17) is 0 Å². The molecule has 2 heteroatoms. The Kier molecular flexibility index (Phi) is 2.79. The zero-order chi connectivity index (χ0) is 9.24. The van der Waals surface area contributed by atoms with Crippen LogP contribution in [-0.2, 0) is 0 Å². The van der Waals surface area contributed by atoms with Crippen LogP contribution in [0.1, 0.15) is 12.8 Å². The van der Waals surface area contributed by atoms with Crippen molar-refractivity contribution in [2.75, 3.05) is 54.4 Å². The summed E-state index contributed by atoms with van der Waals surface area (Å²) in [5, 5.41) is 0. The summed E-state index contributed by atoms with van der Waals surface area (Å²) in [6.07, 6.45) is 2.75. The topological polar surface area (TPSA) is 0 Å². The van der Waals surface area contributed by atoms with Crippen molar-refractivity contribution in [1.82, 2.24) is 0 Å². The lowest BCUT2D eigenvalue weighted by Crippen LogP contribution is -2.50. The molecule has 0 bridgehead atoms. The Labute approximate surface area is 77.0 Å². The molecule has 12 heavy (non-hydrogen) atoms. The summed E-state index contributed by atoms with van der Waals surface area (Å²) in [6, 6.07) is 0. The molecule has 0 radical (unpaired) electrons. The van der Waals surface area contributed by atoms with Crippen LogP contribution in [-0.4, -0.2) is 63.3 Å². The van der Waals surface area contributed by atoms with Crippen LogP contribution in [0.15, 0.2) is 0 Å². The van der Waals surface area contributed by atoms with E-state index in [0.717, 1.165) is 0 Å². The summed E-state index contributed by atoms with van der Waals surface area (Å²) in [7, 11) is 9.41. The molecule has 2 nitrogen and oxygen atoms in total. The largest absolute Gasteiger partial charge is 0.328 e. The van der Waals surface area contributed by atoms with Gasteiger partial charge in [0.1, 0.15) is 0 Å². The second kappa shape index (κ2) is 3.35. The number of nitrogens with zero attached hydrogens (tertiary/aromatic N) is 2. The fourth-order valence-electron chi connectivity index (χ4n) is 2.08. The van der Waals surface area contributed by atoms with Gasteiger partial charge in [0.05, 0.1) is 54.4 Å². The van der Waals surface area contributed by atoms with E-state index in [1.807, 2.05) is 0 Å². The highest BCUT2D eigenvalue weighted by Crippen LogP contribution is 2.10. The summed E-state index contributed by atoms with van der Waals surface area (Å²) in [5.74, 6) is 0. The van der Waals surface area contributed by atoms with Gasteiger partial charge in [-0.1, -0.05) is 0 Å². The third-order valence-electron chi connectivity index (χ3n) is 3.05. The first-order chi connectivity index (χ1) is 5.41. The smallest absolute Gasteiger partial charge is 0.0836 e. The van der Waals surface area contributed by atoms with Crippen LogP contribution in [0.2, 0.25) is 0 Å². The number of hydrogen-bond donors (Lipinski definition) is 0. The van der Waals surface area contributed by atoms with Gasteiger partial charge >= 0.3 is 0 Å². The van der Waals surface area contributed by atoms with Gasteiger partial charge in [0.15, 0.2) is 0 Å². The van der Waals surface area contributed by atoms with Crippen LogP contribution >= 0.6 is 0 Å². The molecule has 0 aromatic heterocycles. The van der Waals surface area contributed by atoms with Gasteiger partial charge in [-0.15, -0.1) is 0 Å². The molecule has 1 saturated heterocycles. The van der Waals surface area contributed by atoms with E-state index in [0.29, 0.717) is 0 Å². The summed E-state index contributed by atoms with van der Waals surface area (Å²) >= 11 is 0. The van der Waals surface area contributed by atoms with Crippen LogP contribution in [0.5, 0.6) is 0 Å². The molecule has 1 rings (SSSR count). The molecule has 1 fully saturated rings. The average Bonchev–Trinajstić information content (AvgIpc) is 1.82. The van der Waals surface area contributed by atoms with Gasteiger partial charge in [-0.3, -0.25) is 0 Å². The molecule has 0 unspecified atom stereocenters. The predicted molar refractivity (Wildman–Crippen MR) is 52.9 cm³/mol. The minimum atomic E-state index is 1.22. The van der Waals surface area contributed by atoms with Crippen molar-refractivity contribution in [1.29, 1.82) is 0 Å². The van der Waals surface area contributed by atoms with Crippen molar-refractivity contribution in [2.45, 2.75) is 12.8 Å². The van der Waals surface area contributed by atoms with Crippen LogP contribution < -0.4 is 0 Å². The van der Waals surface area contributed by atoms with Crippen LogP contribution in [0, 0.1) is 0 Å². The Morgan fingerprint density at radius 3 is 1.08 bits per heavy atom. The maximum atomic E-state index is 2.35. The summed E-state index contributed by atoms with van der Waals surface area (Å²) in [5.41, 5.74) is 0. The highest BCUT2D eigenvalue weighted by molar-refractivity contribution is 4.45. The minimum Gasteiger partial charge on any atom is -0.328 e. The second-order valence-corrected chi connectivity index (χ2v) is 5.47. The summed E-state index contributed by atoms with van der Waals surface area (Å²) in [6.45, 7) is 5.40. The molecule has 0 aliphatic carbocycles. The standard InChI is InChI=1S/C10H24N2/c1-11(2)7-5-9-12(3,4)10-6-8-11/h5-10H2,1-4H3/q+2. The van der Waals surface area contributed by atoms with E-state index in [1.54, 1.807) is 0 Å². The first-order valence-electron chi connectivity index (χ1n) is 5.05. The van der Waals surface area contributed by atoms with Crippen molar-refractivity contribution in [3.8, 4) is 0 Å². The van der Waals surface area contributed by atoms with Crippen LogP contribution in [0.3, 0.4) is 0 Å². The highest BCUT2D eigenvalue weighted by atomic mass is 15.3. The molecule has 0 N–H and O–H groups in total. The lowest BCUT2D eigenvalue weighted by atomic mass is 10.2. The normalized spacial score (nSPS) is 29.0. The van der Waals surface area contributed by atoms with Gasteiger partial charge < -0.3 is 8.97 Å². The summed E-state index contributed by atoms with van der Waals surface area (Å²) in [4.78, 5) is 0. The Balaban J connectivity index is 2.45. The molecule has 0 saturated carbocycles. The molecule has 0 aromatic carbocycles. The van der Waals surface area contributed by atoms with E-state index in [1.165, 1.54) is 48.0 Å². The molecule has 1 aliphatic heterocycles. The summed E-state index contributed by atoms with van der Waals surface area (Å²) < 4.78 is 2.44. The van der Waals surface area contributed by atoms with Gasteiger partial charge in [0.25, 0.3) is 0 Å². The van der Waals surface area contributed by atoms with Crippen molar-refractivity contribution in [3.05, 3.63) is 0 Å². The highest BCUT2D eigenvalue weighted by Gasteiger charge is 2.24. The van der Waals surface area contributed by atoms with Gasteiger partial charge in [-0.25, -0.2) is 0 Å². The fourth-order valence-corrected chi connectivity index (χ4v) is 2.08. The Morgan fingerprint density at radius 1 is 0.583 bits per heavy atom. The second-order valence-electron chi connectivity index (χ2n) is 5.47. The zero-order valence-corrected chi connectivity index (χ0v) is 9.14. The van der Waals surface area contributed by atoms with E-state index < -0.39 is 0 Å². The van der Waals surface area contributed by atoms with Gasteiger partial charge in [-0.05, 0) is 0 Å². The number of hydrogen-bond acceptors (Lipinski definition) is 0. The molecular formula is C10H24N2+2. The Bertz CT molecular complexity index is 120. The van der Waals surface area contributed by atoms with E-state index in [-0.39, 0.29) is 0 Å². The third-order valence-corrected chi connectivity index (χ3v) is 3.05. The first kappa shape index (κ1) is 10.0. The minimum absolute atomic E-state index is 1.22. The molecule has 0 spiro atoms. The van der Waals surface area contributed by atoms with Crippen LogP contribution in [0.25, 0.3) is 0 Å². The average molecular weight is 172 g/mol. The quantitative estimate of drug-likeness (QED) is 0.477. The Hall–Kier alpha value is -0.0800. The van der Waals surface area contributed by atoms with E-state index in [2.05, 4.69) is 28.2 Å². The SMILES string of the molecule is C[N+]1(C)CCC[N+](C)(C)CCC1. The van der Waals surface area contributed by atoms with E-state index >= 15 is 0 Å². The number of rotatable bonds is 0. The molecule has 0 atom stereocenters. The molecule has 0 aromatic rings. The maximum absolute atomic E-state index is 2.35. The van der Waals surface area contributed by atoms with Crippen molar-refractivity contribution in [3.63, 3.8) is 0 Å². The lowest BCUT2D eigenvalue weighted by molar-refractivity contribution is -0.927.